The van der Waals surface area contributed by atoms with Gasteiger partial charge in [0.25, 0.3) is 0 Å². The number of carbonyl (C=O) groups excluding carboxylic acids is 2. The van der Waals surface area contributed by atoms with Crippen LogP contribution < -0.4 is 10.1 Å². The van der Waals surface area contributed by atoms with Crippen molar-refractivity contribution < 1.29 is 14.3 Å². The fraction of sp³-hybridized carbons (Fsp3) is 0.636. The Kier molecular flexibility index (Phi) is 6.89. The number of nitrogens with zero attached hydrogens (tertiary/aromatic N) is 1. The summed E-state index contributed by atoms with van der Waals surface area (Å²) in [5, 5.41) is 3.23. The summed E-state index contributed by atoms with van der Waals surface area (Å²) in [5.41, 5.74) is 0.748. The Hall–Kier alpha value is -1.88. The second-order valence-corrected chi connectivity index (χ2v) is 8.08. The topological polar surface area (TPSA) is 58.6 Å². The zero-order valence-electron chi connectivity index (χ0n) is 16.6. The van der Waals surface area contributed by atoms with Crippen LogP contribution in [-0.2, 0) is 4.79 Å². The highest BCUT2D eigenvalue weighted by Crippen LogP contribution is 2.25. The predicted molar refractivity (Wildman–Crippen MR) is 106 cm³/mol. The summed E-state index contributed by atoms with van der Waals surface area (Å²) in [6, 6.07) is 7.68. The Morgan fingerprint density at radius 1 is 1.07 bits per heavy atom. The van der Waals surface area contributed by atoms with Crippen molar-refractivity contribution in [2.75, 3.05) is 26.7 Å². The number of likely N-dealkylation sites (tertiary alicyclic amines) is 1. The number of Topliss-reactive ketones (excluding diaryl/α,β-unsaturated/α-hetero) is 1. The Morgan fingerprint density at radius 2 is 1.74 bits per heavy atom. The molecule has 2 atom stereocenters. The van der Waals surface area contributed by atoms with Gasteiger partial charge in [0.15, 0.2) is 5.78 Å². The average molecular weight is 373 g/mol. The van der Waals surface area contributed by atoms with Crippen molar-refractivity contribution in [3.8, 4) is 5.75 Å². The Balaban J connectivity index is 1.44. The molecule has 2 fully saturated rings. The zero-order valence-corrected chi connectivity index (χ0v) is 16.6. The molecule has 0 aromatic heterocycles. The molecule has 0 radical (unpaired) electrons. The van der Waals surface area contributed by atoms with E-state index < -0.39 is 0 Å². The first kappa shape index (κ1) is 19.9. The largest absolute Gasteiger partial charge is 0.497 e. The molecule has 1 heterocycles. The third kappa shape index (κ3) is 5.32. The summed E-state index contributed by atoms with van der Waals surface area (Å²) < 4.78 is 5.15. The number of carbonyl (C=O) groups is 2. The van der Waals surface area contributed by atoms with Gasteiger partial charge in [-0.3, -0.25) is 14.5 Å². The highest BCUT2D eigenvalue weighted by Gasteiger charge is 2.28. The van der Waals surface area contributed by atoms with Gasteiger partial charge in [0.1, 0.15) is 5.75 Å². The van der Waals surface area contributed by atoms with Crippen LogP contribution in [-0.4, -0.2) is 49.4 Å². The summed E-state index contributed by atoms with van der Waals surface area (Å²) in [5.74, 6) is 1.73. The van der Waals surface area contributed by atoms with Crippen LogP contribution in [0.25, 0.3) is 0 Å². The number of hydrogen-bond donors (Lipinski definition) is 1. The normalized spacial score (nSPS) is 24.4. The molecule has 2 unspecified atom stereocenters. The van der Waals surface area contributed by atoms with E-state index in [4.69, 9.17) is 4.74 Å². The first-order valence-corrected chi connectivity index (χ1v) is 10.3. The van der Waals surface area contributed by atoms with Crippen molar-refractivity contribution in [2.45, 2.75) is 51.5 Å². The molecule has 1 N–H and O–H groups in total. The molecule has 1 saturated carbocycles. The van der Waals surface area contributed by atoms with Crippen LogP contribution in [0.2, 0.25) is 0 Å². The summed E-state index contributed by atoms with van der Waals surface area (Å²) in [4.78, 5) is 27.3. The van der Waals surface area contributed by atoms with Gasteiger partial charge in [-0.1, -0.05) is 19.8 Å². The van der Waals surface area contributed by atoms with Crippen LogP contribution in [0, 0.1) is 11.8 Å². The van der Waals surface area contributed by atoms with Crippen molar-refractivity contribution >= 4 is 11.7 Å². The van der Waals surface area contributed by atoms with Crippen LogP contribution >= 0.6 is 0 Å². The molecule has 1 aromatic carbocycles. The van der Waals surface area contributed by atoms with Crippen molar-refractivity contribution in [1.82, 2.24) is 10.2 Å². The fourth-order valence-electron chi connectivity index (χ4n) is 4.33. The van der Waals surface area contributed by atoms with Crippen molar-refractivity contribution in [3.05, 3.63) is 29.8 Å². The molecule has 1 saturated heterocycles. The molecule has 0 bridgehead atoms. The third-order valence-corrected chi connectivity index (χ3v) is 6.16. The number of piperidine rings is 1. The first-order valence-electron chi connectivity index (χ1n) is 10.3. The zero-order chi connectivity index (χ0) is 19.2. The molecule has 3 rings (SSSR count). The van der Waals surface area contributed by atoms with Gasteiger partial charge in [-0.05, 0) is 69.0 Å². The highest BCUT2D eigenvalue weighted by atomic mass is 16.5. The van der Waals surface area contributed by atoms with Crippen LogP contribution in [0.15, 0.2) is 24.3 Å². The SMILES string of the molecule is COc1ccc(C(=O)C2CCN(CC(=O)NC3CCCCC3C)CC2)cc1. The Morgan fingerprint density at radius 3 is 2.37 bits per heavy atom. The lowest BCUT2D eigenvalue weighted by Crippen LogP contribution is -2.47. The molecule has 5 heteroatoms. The van der Waals surface area contributed by atoms with Crippen LogP contribution in [0.4, 0.5) is 0 Å². The molecule has 1 aliphatic carbocycles. The Labute approximate surface area is 162 Å². The summed E-state index contributed by atoms with van der Waals surface area (Å²) in [6.07, 6.45) is 6.45. The molecule has 0 spiro atoms. The van der Waals surface area contributed by atoms with Crippen LogP contribution in [0.1, 0.15) is 55.8 Å². The van der Waals surface area contributed by atoms with Gasteiger partial charge in [-0.2, -0.15) is 0 Å². The minimum absolute atomic E-state index is 0.0519. The Bertz CT molecular complexity index is 635. The van der Waals surface area contributed by atoms with Gasteiger partial charge in [0, 0.05) is 17.5 Å². The van der Waals surface area contributed by atoms with E-state index in [1.54, 1.807) is 7.11 Å². The standard InChI is InChI=1S/C22H32N2O3/c1-16-5-3-4-6-20(16)23-21(25)15-24-13-11-18(12-14-24)22(26)17-7-9-19(27-2)10-8-17/h7-10,16,18,20H,3-6,11-15H2,1-2H3,(H,23,25). The number of ether oxygens (including phenoxy) is 1. The van der Waals surface area contributed by atoms with Crippen molar-refractivity contribution in [3.63, 3.8) is 0 Å². The molecule has 148 valence electrons. The van der Waals surface area contributed by atoms with Crippen molar-refractivity contribution in [2.24, 2.45) is 11.8 Å². The van der Waals surface area contributed by atoms with E-state index in [0.29, 0.717) is 18.5 Å². The number of rotatable bonds is 6. The maximum absolute atomic E-state index is 12.7. The van der Waals surface area contributed by atoms with Gasteiger partial charge in [-0.25, -0.2) is 0 Å². The molecule has 1 aliphatic heterocycles. The summed E-state index contributed by atoms with van der Waals surface area (Å²) in [7, 11) is 1.62. The maximum atomic E-state index is 12.7. The predicted octanol–water partition coefficient (Wildman–Crippen LogP) is 3.28. The molecule has 27 heavy (non-hydrogen) atoms. The minimum Gasteiger partial charge on any atom is -0.497 e. The number of nitrogens with one attached hydrogen (secondary N) is 1. The quantitative estimate of drug-likeness (QED) is 0.779. The number of hydrogen-bond acceptors (Lipinski definition) is 4. The minimum atomic E-state index is 0.0519. The van der Waals surface area contributed by atoms with Crippen molar-refractivity contribution in [1.29, 1.82) is 0 Å². The smallest absolute Gasteiger partial charge is 0.234 e. The van der Waals surface area contributed by atoms with E-state index >= 15 is 0 Å². The van der Waals surface area contributed by atoms with Gasteiger partial charge in [0.2, 0.25) is 5.91 Å². The fourth-order valence-corrected chi connectivity index (χ4v) is 4.33. The molecule has 5 nitrogen and oxygen atoms in total. The first-order chi connectivity index (χ1) is 13.1. The molecular weight excluding hydrogens is 340 g/mol. The average Bonchev–Trinajstić information content (AvgIpc) is 2.70. The van der Waals surface area contributed by atoms with Gasteiger partial charge >= 0.3 is 0 Å². The third-order valence-electron chi connectivity index (χ3n) is 6.16. The van der Waals surface area contributed by atoms with Gasteiger partial charge in [-0.15, -0.1) is 0 Å². The number of amides is 1. The molecular formula is C22H32N2O3. The number of methoxy groups -OCH3 is 1. The van der Waals surface area contributed by atoms with E-state index in [2.05, 4.69) is 17.1 Å². The second-order valence-electron chi connectivity index (χ2n) is 8.08. The van der Waals surface area contributed by atoms with E-state index in [1.165, 1.54) is 19.3 Å². The summed E-state index contributed by atoms with van der Waals surface area (Å²) >= 11 is 0. The van der Waals surface area contributed by atoms with E-state index in [1.807, 2.05) is 24.3 Å². The van der Waals surface area contributed by atoms with Gasteiger partial charge in [0.05, 0.1) is 13.7 Å². The lowest BCUT2D eigenvalue weighted by atomic mass is 9.86. The number of ketones is 1. The van der Waals surface area contributed by atoms with Crippen LogP contribution in [0.5, 0.6) is 5.75 Å². The number of benzene rings is 1. The van der Waals surface area contributed by atoms with E-state index in [-0.39, 0.29) is 17.6 Å². The van der Waals surface area contributed by atoms with E-state index in [0.717, 1.165) is 43.7 Å². The lowest BCUT2D eigenvalue weighted by Gasteiger charge is -2.33. The maximum Gasteiger partial charge on any atom is 0.234 e. The van der Waals surface area contributed by atoms with Crippen LogP contribution in [0.3, 0.4) is 0 Å². The molecule has 2 aliphatic rings. The monoisotopic (exact) mass is 372 g/mol. The second kappa shape index (κ2) is 9.36. The van der Waals surface area contributed by atoms with Gasteiger partial charge < -0.3 is 10.1 Å². The highest BCUT2D eigenvalue weighted by molar-refractivity contribution is 5.98. The molecule has 1 aromatic rings. The summed E-state index contributed by atoms with van der Waals surface area (Å²) in [6.45, 7) is 4.30. The lowest BCUT2D eigenvalue weighted by molar-refractivity contribution is -0.123. The van der Waals surface area contributed by atoms with E-state index in [9.17, 15) is 9.59 Å². The molecule has 1 amide bonds.